The lowest BCUT2D eigenvalue weighted by atomic mass is 9.85. The van der Waals surface area contributed by atoms with Crippen molar-refractivity contribution in [3.05, 3.63) is 47.3 Å². The number of ether oxygens (including phenoxy) is 3. The predicted octanol–water partition coefficient (Wildman–Crippen LogP) is 4.95. The minimum atomic E-state index is -0.413. The van der Waals surface area contributed by atoms with Crippen molar-refractivity contribution < 1.29 is 23.4 Å². The first kappa shape index (κ1) is 23.0. The number of alkyl carbamates (subject to hydrolysis) is 1. The first-order chi connectivity index (χ1) is 16.3. The number of fused-ring (bicyclic) bond motifs is 4. The van der Waals surface area contributed by atoms with Gasteiger partial charge in [-0.1, -0.05) is 13.8 Å². The molecule has 1 aliphatic carbocycles. The van der Waals surface area contributed by atoms with Crippen molar-refractivity contribution in [2.45, 2.75) is 45.3 Å². The van der Waals surface area contributed by atoms with Crippen LogP contribution in [-0.2, 0) is 11.2 Å². The first-order valence-electron chi connectivity index (χ1n) is 12.0. The summed E-state index contributed by atoms with van der Waals surface area (Å²) in [6.45, 7) is 7.18. The van der Waals surface area contributed by atoms with Crippen molar-refractivity contribution in [2.24, 2.45) is 11.3 Å². The normalized spacial score (nSPS) is 26.6. The van der Waals surface area contributed by atoms with E-state index in [0.29, 0.717) is 35.0 Å². The SMILES string of the molecule is COc1ccc(OC)c(-c2cc3c(cc2F)C(NC(=O)O[C@@H]2CN4CCC2CC4)C(C)(C)C3)c1. The van der Waals surface area contributed by atoms with E-state index in [1.165, 1.54) is 0 Å². The van der Waals surface area contributed by atoms with Crippen molar-refractivity contribution in [1.82, 2.24) is 10.2 Å². The molecule has 4 aliphatic rings. The standard InChI is InChI=1S/C27H33FN2O4/c1-27(2)14-17-11-20(21-12-18(32-3)5-6-23(21)33-4)22(28)13-19(17)25(27)29-26(31)34-24-15-30-9-7-16(24)8-10-30/h5-6,11-13,16,24-25H,7-10,14-15H2,1-4H3,(H,29,31)/t24-,25?/m1/s1. The molecule has 6 rings (SSSR count). The highest BCUT2D eigenvalue weighted by atomic mass is 19.1. The summed E-state index contributed by atoms with van der Waals surface area (Å²) in [5.41, 5.74) is 2.64. The molecule has 3 saturated heterocycles. The third-order valence-corrected chi connectivity index (χ3v) is 7.78. The van der Waals surface area contributed by atoms with Gasteiger partial charge in [-0.2, -0.15) is 0 Å². The van der Waals surface area contributed by atoms with Crippen LogP contribution in [-0.4, -0.2) is 51.0 Å². The number of hydrogen-bond acceptors (Lipinski definition) is 5. The minimum Gasteiger partial charge on any atom is -0.497 e. The van der Waals surface area contributed by atoms with E-state index in [9.17, 15) is 4.79 Å². The van der Waals surface area contributed by atoms with Crippen molar-refractivity contribution in [3.63, 3.8) is 0 Å². The van der Waals surface area contributed by atoms with Crippen molar-refractivity contribution in [1.29, 1.82) is 0 Å². The summed E-state index contributed by atoms with van der Waals surface area (Å²) < 4.78 is 32.2. The Kier molecular flexibility index (Phi) is 5.92. The molecule has 3 fully saturated rings. The molecule has 2 bridgehead atoms. The van der Waals surface area contributed by atoms with Crippen LogP contribution < -0.4 is 14.8 Å². The van der Waals surface area contributed by atoms with Crippen LogP contribution >= 0.6 is 0 Å². The van der Waals surface area contributed by atoms with Gasteiger partial charge in [-0.15, -0.1) is 0 Å². The molecule has 7 heteroatoms. The van der Waals surface area contributed by atoms with Crippen LogP contribution in [0.1, 0.15) is 43.9 Å². The van der Waals surface area contributed by atoms with Gasteiger partial charge in [-0.25, -0.2) is 9.18 Å². The highest BCUT2D eigenvalue weighted by Crippen LogP contribution is 2.48. The zero-order valence-corrected chi connectivity index (χ0v) is 20.3. The summed E-state index contributed by atoms with van der Waals surface area (Å²) in [7, 11) is 3.15. The fourth-order valence-corrected chi connectivity index (χ4v) is 5.91. The Morgan fingerprint density at radius 2 is 1.85 bits per heavy atom. The lowest BCUT2D eigenvalue weighted by molar-refractivity contribution is -0.0349. The topological polar surface area (TPSA) is 60.0 Å². The second-order valence-electron chi connectivity index (χ2n) is 10.4. The molecule has 0 aromatic heterocycles. The van der Waals surface area contributed by atoms with E-state index in [4.69, 9.17) is 14.2 Å². The van der Waals surface area contributed by atoms with Gasteiger partial charge in [0.05, 0.1) is 20.3 Å². The van der Waals surface area contributed by atoms with E-state index in [1.807, 2.05) is 6.07 Å². The van der Waals surface area contributed by atoms with Crippen LogP contribution in [0.15, 0.2) is 30.3 Å². The maximum Gasteiger partial charge on any atom is 0.407 e. The maximum absolute atomic E-state index is 15.5. The number of carbonyl (C=O) groups is 1. The number of methoxy groups -OCH3 is 2. The average molecular weight is 469 g/mol. The summed E-state index contributed by atoms with van der Waals surface area (Å²) in [6, 6.07) is 8.45. The largest absolute Gasteiger partial charge is 0.497 e. The number of nitrogens with zero attached hydrogens (tertiary/aromatic N) is 1. The molecule has 182 valence electrons. The van der Waals surface area contributed by atoms with Gasteiger partial charge in [0.15, 0.2) is 0 Å². The molecule has 3 heterocycles. The van der Waals surface area contributed by atoms with Crippen molar-refractivity contribution >= 4 is 6.09 Å². The molecule has 34 heavy (non-hydrogen) atoms. The Hall–Kier alpha value is -2.80. The number of piperidine rings is 3. The molecule has 2 atom stereocenters. The highest BCUT2D eigenvalue weighted by molar-refractivity contribution is 5.75. The summed E-state index contributed by atoms with van der Waals surface area (Å²) in [5, 5.41) is 3.07. The van der Waals surface area contributed by atoms with Gasteiger partial charge in [0.25, 0.3) is 0 Å². The molecular weight excluding hydrogens is 435 g/mol. The predicted molar refractivity (Wildman–Crippen MR) is 128 cm³/mol. The third kappa shape index (κ3) is 4.11. The van der Waals surface area contributed by atoms with Crippen LogP contribution in [0.5, 0.6) is 11.5 Å². The minimum absolute atomic E-state index is 0.0638. The quantitative estimate of drug-likeness (QED) is 0.673. The number of carbonyl (C=O) groups excluding carboxylic acids is 1. The van der Waals surface area contributed by atoms with Crippen molar-refractivity contribution in [2.75, 3.05) is 33.9 Å². The van der Waals surface area contributed by atoms with Gasteiger partial charge in [-0.3, -0.25) is 4.90 Å². The molecule has 1 amide bonds. The van der Waals surface area contributed by atoms with Gasteiger partial charge >= 0.3 is 6.09 Å². The van der Waals surface area contributed by atoms with Crippen LogP contribution in [0.2, 0.25) is 0 Å². The summed E-state index contributed by atoms with van der Waals surface area (Å²) in [4.78, 5) is 15.3. The molecule has 3 aliphatic heterocycles. The first-order valence-corrected chi connectivity index (χ1v) is 12.0. The Morgan fingerprint density at radius 1 is 1.09 bits per heavy atom. The van der Waals surface area contributed by atoms with Crippen LogP contribution in [0.4, 0.5) is 9.18 Å². The Labute approximate surface area is 200 Å². The molecule has 0 saturated carbocycles. The average Bonchev–Trinajstić information content (AvgIpc) is 3.07. The van der Waals surface area contributed by atoms with E-state index in [2.05, 4.69) is 24.1 Å². The number of nitrogens with one attached hydrogen (secondary N) is 1. The molecule has 2 aromatic carbocycles. The van der Waals surface area contributed by atoms with Gasteiger partial charge in [0.1, 0.15) is 23.4 Å². The monoisotopic (exact) mass is 468 g/mol. The molecule has 0 spiro atoms. The zero-order valence-electron chi connectivity index (χ0n) is 20.3. The zero-order chi connectivity index (χ0) is 24.0. The molecule has 2 aromatic rings. The number of rotatable bonds is 5. The smallest absolute Gasteiger partial charge is 0.407 e. The van der Waals surface area contributed by atoms with E-state index < -0.39 is 6.09 Å². The van der Waals surface area contributed by atoms with Gasteiger partial charge < -0.3 is 19.5 Å². The van der Waals surface area contributed by atoms with Gasteiger partial charge in [-0.05, 0) is 85.1 Å². The molecular formula is C27H33FN2O4. The summed E-state index contributed by atoms with van der Waals surface area (Å²) >= 11 is 0. The van der Waals surface area contributed by atoms with Crippen LogP contribution in [0, 0.1) is 17.2 Å². The van der Waals surface area contributed by atoms with Gasteiger partial charge in [0.2, 0.25) is 0 Å². The Balaban J connectivity index is 1.40. The van der Waals surface area contributed by atoms with E-state index in [0.717, 1.165) is 43.6 Å². The van der Waals surface area contributed by atoms with Crippen molar-refractivity contribution in [3.8, 4) is 22.6 Å². The number of hydrogen-bond donors (Lipinski definition) is 1. The number of benzene rings is 2. The Morgan fingerprint density at radius 3 is 2.50 bits per heavy atom. The Bertz CT molecular complexity index is 1090. The maximum atomic E-state index is 15.5. The second kappa shape index (κ2) is 8.77. The van der Waals surface area contributed by atoms with Crippen LogP contribution in [0.3, 0.4) is 0 Å². The van der Waals surface area contributed by atoms with E-state index >= 15 is 4.39 Å². The molecule has 0 radical (unpaired) electrons. The molecule has 1 unspecified atom stereocenters. The summed E-state index contributed by atoms with van der Waals surface area (Å²) in [6.07, 6.45) is 2.40. The molecule has 6 nitrogen and oxygen atoms in total. The fraction of sp³-hybridized carbons (Fsp3) is 0.519. The van der Waals surface area contributed by atoms with E-state index in [-0.39, 0.29) is 23.4 Å². The van der Waals surface area contributed by atoms with Gasteiger partial charge in [0, 0.05) is 17.7 Å². The van der Waals surface area contributed by atoms with E-state index in [1.54, 1.807) is 38.5 Å². The van der Waals surface area contributed by atoms with Crippen LogP contribution in [0.25, 0.3) is 11.1 Å². The second-order valence-corrected chi connectivity index (χ2v) is 10.4. The fourth-order valence-electron chi connectivity index (χ4n) is 5.91. The molecule has 1 N–H and O–H groups in total. The third-order valence-electron chi connectivity index (χ3n) is 7.78. The lowest BCUT2D eigenvalue weighted by Gasteiger charge is -2.44. The lowest BCUT2D eigenvalue weighted by Crippen LogP contribution is -2.53. The highest BCUT2D eigenvalue weighted by Gasteiger charge is 2.42. The summed E-state index contributed by atoms with van der Waals surface area (Å²) in [5.74, 6) is 1.29. The number of halogens is 1. The number of amides is 1.